The van der Waals surface area contributed by atoms with Gasteiger partial charge in [-0.1, -0.05) is 90.4 Å². The maximum absolute atomic E-state index is 12.8. The van der Waals surface area contributed by atoms with E-state index in [4.69, 9.17) is 0 Å². The molecular formula is C25H42FNO. The van der Waals surface area contributed by atoms with Crippen molar-refractivity contribution in [3.63, 3.8) is 0 Å². The van der Waals surface area contributed by atoms with Crippen molar-refractivity contribution >= 4 is 5.78 Å². The average Bonchev–Trinajstić information content (AvgIpc) is 2.70. The molecule has 0 heterocycles. The molecule has 0 saturated carbocycles. The van der Waals surface area contributed by atoms with Crippen LogP contribution in [-0.2, 0) is 0 Å². The normalized spacial score (nSPS) is 11.1. The third-order valence-corrected chi connectivity index (χ3v) is 5.40. The summed E-state index contributed by atoms with van der Waals surface area (Å²) >= 11 is 0. The van der Waals surface area contributed by atoms with Crippen molar-refractivity contribution in [2.45, 2.75) is 103 Å². The van der Waals surface area contributed by atoms with Gasteiger partial charge in [0.05, 0.1) is 0 Å². The second kappa shape index (κ2) is 17.8. The van der Waals surface area contributed by atoms with Gasteiger partial charge in [0, 0.05) is 18.5 Å². The molecule has 2 nitrogen and oxygen atoms in total. The molecule has 0 unspecified atom stereocenters. The van der Waals surface area contributed by atoms with Gasteiger partial charge in [-0.15, -0.1) is 0 Å². The number of ketones is 1. The Balaban J connectivity index is 1.78. The van der Waals surface area contributed by atoms with Crippen LogP contribution in [0.4, 0.5) is 4.39 Å². The minimum Gasteiger partial charge on any atom is -0.316 e. The first-order valence-corrected chi connectivity index (χ1v) is 11.7. The molecule has 1 aromatic carbocycles. The number of halogens is 1. The van der Waals surface area contributed by atoms with Gasteiger partial charge in [0.25, 0.3) is 0 Å². The van der Waals surface area contributed by atoms with Crippen LogP contribution < -0.4 is 5.32 Å². The van der Waals surface area contributed by atoms with Crippen LogP contribution in [0.15, 0.2) is 24.3 Å². The molecule has 1 rings (SSSR count). The highest BCUT2D eigenvalue weighted by atomic mass is 19.1. The van der Waals surface area contributed by atoms with Gasteiger partial charge in [-0.05, 0) is 37.2 Å². The molecule has 160 valence electrons. The van der Waals surface area contributed by atoms with Gasteiger partial charge in [0.1, 0.15) is 5.82 Å². The highest BCUT2D eigenvalue weighted by Crippen LogP contribution is 2.12. The number of benzene rings is 1. The maximum Gasteiger partial charge on any atom is 0.164 e. The smallest absolute Gasteiger partial charge is 0.164 e. The lowest BCUT2D eigenvalue weighted by molar-refractivity contribution is 0.0982. The number of nitrogens with one attached hydrogen (secondary N) is 1. The van der Waals surface area contributed by atoms with Crippen molar-refractivity contribution in [3.8, 4) is 0 Å². The first-order chi connectivity index (χ1) is 13.7. The van der Waals surface area contributed by atoms with E-state index >= 15 is 0 Å². The molecule has 0 aliphatic rings. The molecule has 0 saturated heterocycles. The van der Waals surface area contributed by atoms with Crippen LogP contribution in [0.2, 0.25) is 0 Å². The van der Waals surface area contributed by atoms with Crippen molar-refractivity contribution in [1.82, 2.24) is 5.32 Å². The number of hydrogen-bond acceptors (Lipinski definition) is 2. The van der Waals surface area contributed by atoms with Gasteiger partial charge in [0.2, 0.25) is 0 Å². The van der Waals surface area contributed by atoms with E-state index < -0.39 is 0 Å². The van der Waals surface area contributed by atoms with Gasteiger partial charge in [-0.2, -0.15) is 0 Å². The van der Waals surface area contributed by atoms with Crippen LogP contribution in [0.25, 0.3) is 0 Å². The number of carbonyl (C=O) groups excluding carboxylic acids is 1. The van der Waals surface area contributed by atoms with E-state index in [9.17, 15) is 9.18 Å². The summed E-state index contributed by atoms with van der Waals surface area (Å²) in [5.74, 6) is -0.221. The largest absolute Gasteiger partial charge is 0.316 e. The van der Waals surface area contributed by atoms with Crippen molar-refractivity contribution in [2.75, 3.05) is 13.1 Å². The number of Topliss-reactive ketones (excluding diaryl/α,β-unsaturated/α-hetero) is 1. The van der Waals surface area contributed by atoms with Gasteiger partial charge in [-0.3, -0.25) is 4.79 Å². The van der Waals surface area contributed by atoms with Crippen LogP contribution >= 0.6 is 0 Å². The van der Waals surface area contributed by atoms with E-state index in [0.717, 1.165) is 6.54 Å². The summed E-state index contributed by atoms with van der Waals surface area (Å²) in [6.45, 7) is 3.96. The Morgan fingerprint density at radius 2 is 1.18 bits per heavy atom. The lowest BCUT2D eigenvalue weighted by Crippen LogP contribution is -2.19. The molecular weight excluding hydrogens is 349 g/mol. The Bertz CT molecular complexity index is 486. The monoisotopic (exact) mass is 391 g/mol. The summed E-state index contributed by atoms with van der Waals surface area (Å²) in [6, 6.07) is 5.81. The molecule has 0 spiro atoms. The Hall–Kier alpha value is -1.22. The Morgan fingerprint density at radius 1 is 0.714 bits per heavy atom. The first-order valence-electron chi connectivity index (χ1n) is 11.7. The molecule has 1 aromatic rings. The molecule has 0 atom stereocenters. The zero-order valence-corrected chi connectivity index (χ0v) is 18.1. The molecule has 28 heavy (non-hydrogen) atoms. The summed E-state index contributed by atoms with van der Waals surface area (Å²) in [5.41, 5.74) is 0.597. The minimum absolute atomic E-state index is 0.0773. The summed E-state index contributed by atoms with van der Waals surface area (Å²) in [5, 5.41) is 3.35. The molecule has 0 fully saturated rings. The van der Waals surface area contributed by atoms with Crippen LogP contribution in [0.3, 0.4) is 0 Å². The van der Waals surface area contributed by atoms with Crippen LogP contribution in [-0.4, -0.2) is 18.9 Å². The average molecular weight is 392 g/mol. The van der Waals surface area contributed by atoms with Gasteiger partial charge >= 0.3 is 0 Å². The SMILES string of the molecule is CCCCCCCCCCCCCCCCNCCC(=O)c1ccc(F)cc1. The van der Waals surface area contributed by atoms with Gasteiger partial charge < -0.3 is 5.32 Å². The van der Waals surface area contributed by atoms with E-state index in [1.807, 2.05) is 0 Å². The van der Waals surface area contributed by atoms with E-state index in [2.05, 4.69) is 12.2 Å². The van der Waals surface area contributed by atoms with Crippen molar-refractivity contribution in [1.29, 1.82) is 0 Å². The van der Waals surface area contributed by atoms with E-state index in [0.29, 0.717) is 18.5 Å². The zero-order chi connectivity index (χ0) is 20.3. The van der Waals surface area contributed by atoms with E-state index in [-0.39, 0.29) is 11.6 Å². The lowest BCUT2D eigenvalue weighted by Gasteiger charge is -2.05. The highest BCUT2D eigenvalue weighted by molar-refractivity contribution is 5.96. The molecule has 0 radical (unpaired) electrons. The lowest BCUT2D eigenvalue weighted by atomic mass is 10.0. The topological polar surface area (TPSA) is 29.1 Å². The van der Waals surface area contributed by atoms with Gasteiger partial charge in [-0.25, -0.2) is 4.39 Å². The predicted molar refractivity (Wildman–Crippen MR) is 119 cm³/mol. The van der Waals surface area contributed by atoms with Crippen LogP contribution in [0.5, 0.6) is 0 Å². The summed E-state index contributed by atoms with van der Waals surface area (Å²) < 4.78 is 12.8. The Labute approximate surface area is 172 Å². The van der Waals surface area contributed by atoms with Crippen LogP contribution in [0.1, 0.15) is 114 Å². The predicted octanol–water partition coefficient (Wildman–Crippen LogP) is 7.47. The number of rotatable bonds is 19. The Morgan fingerprint density at radius 3 is 1.68 bits per heavy atom. The minimum atomic E-state index is -0.299. The third kappa shape index (κ3) is 13.9. The van der Waals surface area contributed by atoms with Crippen molar-refractivity contribution in [3.05, 3.63) is 35.6 Å². The number of hydrogen-bond donors (Lipinski definition) is 1. The third-order valence-electron chi connectivity index (χ3n) is 5.40. The fourth-order valence-electron chi connectivity index (χ4n) is 3.55. The zero-order valence-electron chi connectivity index (χ0n) is 18.1. The summed E-state index contributed by atoms with van der Waals surface area (Å²) in [4.78, 5) is 12.0. The molecule has 0 aliphatic carbocycles. The molecule has 1 N–H and O–H groups in total. The molecule has 0 bridgehead atoms. The maximum atomic E-state index is 12.8. The van der Waals surface area contributed by atoms with Crippen LogP contribution in [0, 0.1) is 5.82 Å². The van der Waals surface area contributed by atoms with E-state index in [1.54, 1.807) is 12.1 Å². The van der Waals surface area contributed by atoms with E-state index in [1.165, 1.54) is 102 Å². The molecule has 0 aromatic heterocycles. The Kier molecular flexibility index (Phi) is 15.8. The standard InChI is InChI=1S/C25H42FNO/c1-2-3-4-5-6-7-8-9-10-11-12-13-14-15-21-27-22-20-25(28)23-16-18-24(26)19-17-23/h16-19,27H,2-15,20-22H2,1H3. The van der Waals surface area contributed by atoms with Crippen molar-refractivity contribution < 1.29 is 9.18 Å². The molecule has 0 amide bonds. The first kappa shape index (κ1) is 24.8. The second-order valence-electron chi connectivity index (χ2n) is 8.03. The highest BCUT2D eigenvalue weighted by Gasteiger charge is 2.05. The van der Waals surface area contributed by atoms with Crippen molar-refractivity contribution in [2.24, 2.45) is 0 Å². The molecule has 0 aliphatic heterocycles. The molecule has 3 heteroatoms. The summed E-state index contributed by atoms with van der Waals surface area (Å²) in [7, 11) is 0. The van der Waals surface area contributed by atoms with Gasteiger partial charge in [0.15, 0.2) is 5.78 Å². The number of unbranched alkanes of at least 4 members (excludes halogenated alkanes) is 13. The number of carbonyl (C=O) groups is 1. The second-order valence-corrected chi connectivity index (χ2v) is 8.03. The summed E-state index contributed by atoms with van der Waals surface area (Å²) in [6.07, 6.45) is 19.7. The quantitative estimate of drug-likeness (QED) is 0.196. The fraction of sp³-hybridized carbons (Fsp3) is 0.720. The fourth-order valence-corrected chi connectivity index (χ4v) is 3.55.